The van der Waals surface area contributed by atoms with Crippen LogP contribution in [-0.4, -0.2) is 14.5 Å². The molecule has 0 saturated heterocycles. The zero-order valence-corrected chi connectivity index (χ0v) is 14.4. The van der Waals surface area contributed by atoms with Crippen molar-refractivity contribution in [2.24, 2.45) is 0 Å². The van der Waals surface area contributed by atoms with E-state index in [2.05, 4.69) is 21.2 Å². The van der Waals surface area contributed by atoms with Gasteiger partial charge in [-0.2, -0.15) is 0 Å². The molecule has 2 aromatic rings. The minimum atomic E-state index is -3.42. The predicted molar refractivity (Wildman–Crippen MR) is 85.7 cm³/mol. The van der Waals surface area contributed by atoms with Crippen molar-refractivity contribution in [3.8, 4) is 0 Å². The minimum absolute atomic E-state index is 0.142. The van der Waals surface area contributed by atoms with Gasteiger partial charge in [0.2, 0.25) is 0 Å². The van der Waals surface area contributed by atoms with Crippen molar-refractivity contribution in [2.75, 3.05) is 0 Å². The highest BCUT2D eigenvalue weighted by Gasteiger charge is 2.20. The van der Waals surface area contributed by atoms with Crippen molar-refractivity contribution in [2.45, 2.75) is 37.1 Å². The van der Waals surface area contributed by atoms with E-state index in [0.717, 1.165) is 5.76 Å². The highest BCUT2D eigenvalue weighted by Crippen LogP contribution is 2.25. The quantitative estimate of drug-likeness (QED) is 0.843. The minimum Gasteiger partial charge on any atom is -0.464 e. The Bertz CT molecular complexity index is 707. The van der Waals surface area contributed by atoms with Crippen molar-refractivity contribution in [1.82, 2.24) is 5.32 Å². The summed E-state index contributed by atoms with van der Waals surface area (Å²) in [5.41, 5.74) is 0. The molecule has 114 valence electrons. The molecule has 1 N–H and O–H groups in total. The molecule has 0 radical (unpaired) electrons. The standard InChI is InChI=1S/C15H18BrNO3S/c1-11(2)17-9-12-7-8-13(20-12)10-21(18,19)15-6-4-3-5-14(15)16/h3-8,11,17H,9-10H2,1-2H3. The molecule has 0 unspecified atom stereocenters. The van der Waals surface area contributed by atoms with Crippen molar-refractivity contribution >= 4 is 25.8 Å². The van der Waals surface area contributed by atoms with Crippen molar-refractivity contribution in [1.29, 1.82) is 0 Å². The van der Waals surface area contributed by atoms with Gasteiger partial charge in [-0.25, -0.2) is 8.42 Å². The Kier molecular flexibility index (Phi) is 5.24. The van der Waals surface area contributed by atoms with Crippen LogP contribution in [0.4, 0.5) is 0 Å². The monoisotopic (exact) mass is 371 g/mol. The lowest BCUT2D eigenvalue weighted by Gasteiger charge is -2.06. The lowest BCUT2D eigenvalue weighted by molar-refractivity contribution is 0.443. The molecule has 21 heavy (non-hydrogen) atoms. The Labute approximate surface area is 133 Å². The van der Waals surface area contributed by atoms with Crippen molar-refractivity contribution < 1.29 is 12.8 Å². The van der Waals surface area contributed by atoms with E-state index in [-0.39, 0.29) is 10.6 Å². The third-order valence-corrected chi connectivity index (χ3v) is 5.55. The van der Waals surface area contributed by atoms with Gasteiger partial charge in [-0.1, -0.05) is 26.0 Å². The summed E-state index contributed by atoms with van der Waals surface area (Å²) in [6.07, 6.45) is 0. The summed E-state index contributed by atoms with van der Waals surface area (Å²) in [5.74, 6) is 1.05. The van der Waals surface area contributed by atoms with Crippen LogP contribution >= 0.6 is 15.9 Å². The number of sulfone groups is 1. The Hall–Kier alpha value is -1.11. The van der Waals surface area contributed by atoms with E-state index in [0.29, 0.717) is 22.8 Å². The van der Waals surface area contributed by atoms with Crippen LogP contribution in [0.25, 0.3) is 0 Å². The van der Waals surface area contributed by atoms with Crippen LogP contribution in [0, 0.1) is 0 Å². The van der Waals surface area contributed by atoms with Gasteiger partial charge in [0.05, 0.1) is 11.4 Å². The average Bonchev–Trinajstić information content (AvgIpc) is 2.83. The van der Waals surface area contributed by atoms with Crippen LogP contribution in [0.2, 0.25) is 0 Å². The second-order valence-electron chi connectivity index (χ2n) is 5.09. The fraction of sp³-hybridized carbons (Fsp3) is 0.333. The molecule has 0 spiro atoms. The molecule has 6 heteroatoms. The van der Waals surface area contributed by atoms with E-state index in [9.17, 15) is 8.42 Å². The molecular formula is C15H18BrNO3S. The lowest BCUT2D eigenvalue weighted by atomic mass is 10.3. The van der Waals surface area contributed by atoms with Gasteiger partial charge in [-0.15, -0.1) is 0 Å². The number of furan rings is 1. The molecule has 1 heterocycles. The SMILES string of the molecule is CC(C)NCc1ccc(CS(=O)(=O)c2ccccc2Br)o1. The maximum Gasteiger partial charge on any atom is 0.186 e. The first kappa shape index (κ1) is 16.3. The van der Waals surface area contributed by atoms with E-state index in [1.807, 2.05) is 13.8 Å². The Morgan fingerprint density at radius 3 is 2.48 bits per heavy atom. The largest absolute Gasteiger partial charge is 0.464 e. The number of halogens is 1. The first-order valence-corrected chi connectivity index (χ1v) is 9.11. The first-order chi connectivity index (χ1) is 9.88. The molecule has 1 aromatic heterocycles. The smallest absolute Gasteiger partial charge is 0.186 e. The molecule has 0 aliphatic heterocycles. The highest BCUT2D eigenvalue weighted by atomic mass is 79.9. The Morgan fingerprint density at radius 1 is 1.14 bits per heavy atom. The first-order valence-electron chi connectivity index (χ1n) is 6.67. The molecule has 0 fully saturated rings. The summed E-state index contributed by atoms with van der Waals surface area (Å²) in [7, 11) is -3.42. The maximum absolute atomic E-state index is 12.4. The molecular weight excluding hydrogens is 354 g/mol. The van der Waals surface area contributed by atoms with Crippen LogP contribution in [0.1, 0.15) is 25.4 Å². The lowest BCUT2D eigenvalue weighted by Crippen LogP contribution is -2.21. The number of hydrogen-bond donors (Lipinski definition) is 1. The fourth-order valence-corrected chi connectivity index (χ4v) is 4.22. The van der Waals surface area contributed by atoms with Crippen molar-refractivity contribution in [3.05, 3.63) is 52.4 Å². The zero-order chi connectivity index (χ0) is 15.5. The molecule has 0 aliphatic rings. The number of rotatable bonds is 6. The molecule has 0 amide bonds. The van der Waals surface area contributed by atoms with Crippen molar-refractivity contribution in [3.63, 3.8) is 0 Å². The van der Waals surface area contributed by atoms with Gasteiger partial charge in [0.15, 0.2) is 9.84 Å². The van der Waals surface area contributed by atoms with Crippen LogP contribution in [-0.2, 0) is 22.1 Å². The normalized spacial score (nSPS) is 12.0. The number of hydrogen-bond acceptors (Lipinski definition) is 4. The summed E-state index contributed by atoms with van der Waals surface area (Å²) >= 11 is 3.27. The fourth-order valence-electron chi connectivity index (χ4n) is 1.86. The highest BCUT2D eigenvalue weighted by molar-refractivity contribution is 9.10. The molecule has 2 rings (SSSR count). The predicted octanol–water partition coefficient (Wildman–Crippen LogP) is 3.51. The molecule has 0 bridgehead atoms. The van der Waals surface area contributed by atoms with E-state index in [1.165, 1.54) is 0 Å². The summed E-state index contributed by atoms with van der Waals surface area (Å²) < 4.78 is 30.9. The van der Waals surface area contributed by atoms with Crippen LogP contribution in [0.5, 0.6) is 0 Å². The average molecular weight is 372 g/mol. The van der Waals surface area contributed by atoms with Gasteiger partial charge in [0.1, 0.15) is 17.3 Å². The van der Waals surface area contributed by atoms with Gasteiger partial charge >= 0.3 is 0 Å². The van der Waals surface area contributed by atoms with Crippen LogP contribution in [0.3, 0.4) is 0 Å². The summed E-state index contributed by atoms with van der Waals surface area (Å²) in [6, 6.07) is 10.7. The van der Waals surface area contributed by atoms with E-state index < -0.39 is 9.84 Å². The number of nitrogens with one attached hydrogen (secondary N) is 1. The zero-order valence-electron chi connectivity index (χ0n) is 12.0. The van der Waals surface area contributed by atoms with E-state index in [4.69, 9.17) is 4.42 Å². The summed E-state index contributed by atoms with van der Waals surface area (Å²) in [5, 5.41) is 3.23. The van der Waals surface area contributed by atoms with Crippen LogP contribution < -0.4 is 5.32 Å². The Morgan fingerprint density at radius 2 is 1.81 bits per heavy atom. The van der Waals surface area contributed by atoms with Gasteiger partial charge in [-0.3, -0.25) is 0 Å². The van der Waals surface area contributed by atoms with Gasteiger partial charge in [0.25, 0.3) is 0 Å². The maximum atomic E-state index is 12.4. The third-order valence-electron chi connectivity index (χ3n) is 2.91. The van der Waals surface area contributed by atoms with E-state index >= 15 is 0 Å². The van der Waals surface area contributed by atoms with Gasteiger partial charge in [-0.05, 0) is 40.2 Å². The molecule has 0 aliphatic carbocycles. The van der Waals surface area contributed by atoms with Gasteiger partial charge < -0.3 is 9.73 Å². The summed E-state index contributed by atoms with van der Waals surface area (Å²) in [6.45, 7) is 4.68. The van der Waals surface area contributed by atoms with Crippen LogP contribution in [0.15, 0.2) is 50.2 Å². The third kappa shape index (κ3) is 4.43. The second-order valence-corrected chi connectivity index (χ2v) is 7.91. The molecule has 0 atom stereocenters. The molecule has 1 aromatic carbocycles. The number of benzene rings is 1. The molecule has 4 nitrogen and oxygen atoms in total. The van der Waals surface area contributed by atoms with Gasteiger partial charge in [0, 0.05) is 10.5 Å². The second kappa shape index (κ2) is 6.77. The van der Waals surface area contributed by atoms with E-state index in [1.54, 1.807) is 36.4 Å². The molecule has 0 saturated carbocycles. The Balaban J connectivity index is 2.13. The summed E-state index contributed by atoms with van der Waals surface area (Å²) in [4.78, 5) is 0.281. The topological polar surface area (TPSA) is 59.3 Å².